The molecule has 6 aromatic carbocycles. The van der Waals surface area contributed by atoms with Crippen molar-refractivity contribution < 1.29 is 62.4 Å². The van der Waals surface area contributed by atoms with Crippen LogP contribution >= 0.6 is 11.6 Å². The zero-order valence-corrected chi connectivity index (χ0v) is 49.6. The van der Waals surface area contributed by atoms with Crippen LogP contribution in [0.15, 0.2) is 163 Å². The van der Waals surface area contributed by atoms with Gasteiger partial charge in [0.15, 0.2) is 11.6 Å². The van der Waals surface area contributed by atoms with Gasteiger partial charge in [-0.2, -0.15) is 0 Å². The van der Waals surface area contributed by atoms with Crippen molar-refractivity contribution in [3.63, 3.8) is 0 Å². The van der Waals surface area contributed by atoms with Crippen molar-refractivity contribution in [2.24, 2.45) is 22.6 Å². The molecule has 0 aliphatic rings. The topological polar surface area (TPSA) is 280 Å². The number of nitrogens with zero attached hydrogens (tertiary/aromatic N) is 1. The number of hydrogen-bond donors (Lipinski definition) is 6. The Hall–Kier alpha value is -9.36. The second-order valence-electron chi connectivity index (χ2n) is 21.0. The number of halogens is 1. The van der Waals surface area contributed by atoms with E-state index in [0.717, 1.165) is 16.7 Å². The summed E-state index contributed by atoms with van der Waals surface area (Å²) in [7, 11) is 0. The maximum absolute atomic E-state index is 15.0. The number of primary amides is 1. The number of carbonyl (C=O) groups excluding carboxylic acids is 8. The Labute approximate surface area is 511 Å². The van der Waals surface area contributed by atoms with Crippen LogP contribution in [0.1, 0.15) is 95.9 Å². The van der Waals surface area contributed by atoms with Gasteiger partial charge < -0.3 is 45.7 Å². The summed E-state index contributed by atoms with van der Waals surface area (Å²) in [4.78, 5) is 114. The monoisotopic (exact) mass is 1210 g/mol. The first-order valence-corrected chi connectivity index (χ1v) is 29.2. The Morgan fingerprint density at radius 2 is 1.05 bits per heavy atom. The number of nitrogens with two attached hydrogens (primary N) is 1. The number of amidine groups is 1. The molecule has 0 radical (unpaired) electrons. The van der Waals surface area contributed by atoms with Crippen molar-refractivity contribution >= 4 is 65.1 Å². The molecular weight excluding hydrogens is 1130 g/mol. The molecule has 0 aromatic heterocycles. The number of ether oxygens (including phenoxy) is 4. The van der Waals surface area contributed by atoms with Crippen LogP contribution in [0.25, 0.3) is 0 Å². The predicted octanol–water partition coefficient (Wildman–Crippen LogP) is 10.2. The third-order valence-electron chi connectivity index (χ3n) is 14.2. The number of aryl methyl sites for hydroxylation is 2. The van der Waals surface area contributed by atoms with E-state index >= 15 is 4.79 Å². The van der Waals surface area contributed by atoms with Crippen LogP contribution in [0.3, 0.4) is 0 Å². The quantitative estimate of drug-likeness (QED) is 0.00736. The standard InChI is InChI=1S/C67H75ClN6O13/c1-45-34-54(75)35-46(2)55(45)37-53(64(80)72-57(59(76)38-52(63(69)79)36-47-20-7-3-8-21-47)30-17-18-32-71-65(81)87-44-51-28-15-16-29-56(51)68)39-60(77)58(73-66(82)85-42-49-24-11-5-12-25-49)31-19-33-70-61(40-62(78)84-41-48-22-9-4-10-23-48)74-67(83)86-43-50-26-13-6-14-27-50/h3-16,20-29,34-35,52-53,57-58,75H,17-19,30-33,36-44H2,1-2H3,(H2,69,79)(H,71,81)(H,72,80)(H,73,82)(H,70,74,83)/t52-,53?,57+,58-/m1/s1. The molecule has 0 aliphatic heterocycles. The average molecular weight is 1210 g/mol. The molecule has 19 nitrogen and oxygen atoms in total. The minimum absolute atomic E-state index is 0.00760. The van der Waals surface area contributed by atoms with E-state index in [0.29, 0.717) is 45.7 Å². The van der Waals surface area contributed by atoms with Crippen molar-refractivity contribution in [2.75, 3.05) is 13.1 Å². The number of aromatic hydroxyl groups is 1. The largest absolute Gasteiger partial charge is 0.508 e. The third kappa shape index (κ3) is 24.3. The number of esters is 1. The lowest BCUT2D eigenvalue weighted by Gasteiger charge is -2.26. The zero-order valence-electron chi connectivity index (χ0n) is 48.9. The number of amides is 5. The molecule has 5 amide bonds. The number of phenols is 1. The lowest BCUT2D eigenvalue weighted by molar-refractivity contribution is -0.143. The lowest BCUT2D eigenvalue weighted by atomic mass is 9.86. The van der Waals surface area contributed by atoms with Gasteiger partial charge in [-0.05, 0) is 116 Å². The number of alkyl carbamates (subject to hydrolysis) is 3. The van der Waals surface area contributed by atoms with Crippen LogP contribution in [-0.4, -0.2) is 83.7 Å². The summed E-state index contributed by atoms with van der Waals surface area (Å²) in [6, 6.07) is 43.5. The molecule has 7 N–H and O–H groups in total. The second kappa shape index (κ2) is 35.8. The maximum atomic E-state index is 15.0. The smallest absolute Gasteiger partial charge is 0.412 e. The Bertz CT molecular complexity index is 3180. The summed E-state index contributed by atoms with van der Waals surface area (Å²) in [5.74, 6) is -5.34. The number of ketones is 2. The first-order valence-electron chi connectivity index (χ1n) is 28.8. The molecule has 6 rings (SSSR count). The molecule has 0 aliphatic carbocycles. The van der Waals surface area contributed by atoms with E-state index in [1.807, 2.05) is 36.4 Å². The Morgan fingerprint density at radius 1 is 0.552 bits per heavy atom. The summed E-state index contributed by atoms with van der Waals surface area (Å²) in [6.07, 6.45) is -2.83. The van der Waals surface area contributed by atoms with E-state index in [-0.39, 0.29) is 89.6 Å². The molecule has 20 heteroatoms. The summed E-state index contributed by atoms with van der Waals surface area (Å²) in [6.45, 7) is 3.31. The molecule has 0 saturated heterocycles. The normalized spacial score (nSPS) is 12.5. The van der Waals surface area contributed by atoms with Gasteiger partial charge in [0, 0.05) is 48.4 Å². The van der Waals surface area contributed by atoms with Crippen molar-refractivity contribution in [3.8, 4) is 5.75 Å². The fraction of sp³-hybridized carbons (Fsp3) is 0.328. The Kier molecular flexibility index (Phi) is 27.5. The van der Waals surface area contributed by atoms with Gasteiger partial charge in [0.25, 0.3) is 0 Å². The van der Waals surface area contributed by atoms with E-state index in [1.54, 1.807) is 123 Å². The van der Waals surface area contributed by atoms with Gasteiger partial charge in [0.2, 0.25) is 11.8 Å². The summed E-state index contributed by atoms with van der Waals surface area (Å²) in [5.41, 5.74) is 11.3. The molecular formula is C67H75ClN6O13. The number of phenolic OH excluding ortho intramolecular Hbond substituents is 1. The van der Waals surface area contributed by atoms with Gasteiger partial charge in [-0.3, -0.25) is 34.3 Å². The van der Waals surface area contributed by atoms with Crippen LogP contribution in [-0.2, 0) is 82.2 Å². The highest BCUT2D eigenvalue weighted by Gasteiger charge is 2.33. The zero-order chi connectivity index (χ0) is 62.3. The van der Waals surface area contributed by atoms with Crippen molar-refractivity contribution in [2.45, 2.75) is 117 Å². The minimum atomic E-state index is -1.28. The fourth-order valence-electron chi connectivity index (χ4n) is 9.49. The SMILES string of the molecule is Cc1cc(O)cc(C)c1CC(CC(=O)[C@@H](CCCN=C(CC(=O)OCc1ccccc1)NC(=O)OCc1ccccc1)NC(=O)OCc1ccccc1)C(=O)N[C@@H](CCCCNC(=O)OCc1ccccc1Cl)C(=O)C[C@@H](Cc1ccccc1)C(N)=O. The summed E-state index contributed by atoms with van der Waals surface area (Å²) >= 11 is 6.22. The van der Waals surface area contributed by atoms with Crippen LogP contribution < -0.4 is 27.0 Å². The van der Waals surface area contributed by atoms with E-state index in [9.17, 15) is 38.7 Å². The first-order chi connectivity index (χ1) is 42.0. The molecule has 4 atom stereocenters. The van der Waals surface area contributed by atoms with Crippen LogP contribution in [0, 0.1) is 25.7 Å². The van der Waals surface area contributed by atoms with E-state index in [2.05, 4.69) is 26.3 Å². The number of rotatable bonds is 33. The average Bonchev–Trinajstić information content (AvgIpc) is 2.91. The highest BCUT2D eigenvalue weighted by molar-refractivity contribution is 6.31. The number of Topliss-reactive ketones (excluding diaryl/α,β-unsaturated/α-hetero) is 2. The third-order valence-corrected chi connectivity index (χ3v) is 14.6. The number of aliphatic imine (C=N–C) groups is 1. The van der Waals surface area contributed by atoms with Crippen LogP contribution in [0.2, 0.25) is 5.02 Å². The number of benzene rings is 6. The van der Waals surface area contributed by atoms with Gasteiger partial charge in [-0.25, -0.2) is 14.4 Å². The van der Waals surface area contributed by atoms with E-state index in [1.165, 1.54) is 12.1 Å². The number of hydrogen-bond acceptors (Lipinski definition) is 14. The highest BCUT2D eigenvalue weighted by atomic mass is 35.5. The molecule has 0 spiro atoms. The number of carbonyl (C=O) groups is 8. The highest BCUT2D eigenvalue weighted by Crippen LogP contribution is 2.27. The van der Waals surface area contributed by atoms with E-state index < -0.39 is 84.4 Å². The van der Waals surface area contributed by atoms with Crippen LogP contribution in [0.4, 0.5) is 14.4 Å². The van der Waals surface area contributed by atoms with Gasteiger partial charge in [-0.15, -0.1) is 0 Å². The fourth-order valence-corrected chi connectivity index (χ4v) is 9.68. The predicted molar refractivity (Wildman–Crippen MR) is 328 cm³/mol. The van der Waals surface area contributed by atoms with Crippen molar-refractivity contribution in [1.82, 2.24) is 21.3 Å². The molecule has 0 bridgehead atoms. The second-order valence-corrected chi connectivity index (χ2v) is 21.4. The summed E-state index contributed by atoms with van der Waals surface area (Å²) in [5, 5.41) is 21.8. The van der Waals surface area contributed by atoms with Gasteiger partial charge >= 0.3 is 24.2 Å². The number of unbranched alkanes of at least 4 members (excludes halogenated alkanes) is 1. The molecule has 87 heavy (non-hydrogen) atoms. The summed E-state index contributed by atoms with van der Waals surface area (Å²) < 4.78 is 21.8. The van der Waals surface area contributed by atoms with Gasteiger partial charge in [0.1, 0.15) is 44.4 Å². The molecule has 0 saturated carbocycles. The van der Waals surface area contributed by atoms with Gasteiger partial charge in [-0.1, -0.05) is 151 Å². The number of nitrogens with one attached hydrogen (secondary N) is 4. The minimum Gasteiger partial charge on any atom is -0.508 e. The van der Waals surface area contributed by atoms with E-state index in [4.69, 9.17) is 36.3 Å². The maximum Gasteiger partial charge on any atom is 0.412 e. The molecule has 0 heterocycles. The first kappa shape index (κ1) is 66.8. The molecule has 0 fully saturated rings. The molecule has 458 valence electrons. The van der Waals surface area contributed by atoms with Crippen molar-refractivity contribution in [3.05, 3.63) is 207 Å². The Morgan fingerprint density at radius 3 is 1.62 bits per heavy atom. The van der Waals surface area contributed by atoms with Crippen LogP contribution in [0.5, 0.6) is 5.75 Å². The van der Waals surface area contributed by atoms with Gasteiger partial charge in [0.05, 0.1) is 12.1 Å². The van der Waals surface area contributed by atoms with Crippen molar-refractivity contribution in [1.29, 1.82) is 0 Å². The molecule has 1 unspecified atom stereocenters. The lowest BCUT2D eigenvalue weighted by Crippen LogP contribution is -2.47. The Balaban J connectivity index is 1.23. The molecule has 6 aromatic rings.